The average Bonchev–Trinajstić information content (AvgIpc) is 2.79. The highest BCUT2D eigenvalue weighted by Gasteiger charge is 2.32. The van der Waals surface area contributed by atoms with Crippen molar-refractivity contribution >= 4 is 28.5 Å². The van der Waals surface area contributed by atoms with Crippen LogP contribution in [0.15, 0.2) is 45.3 Å². The van der Waals surface area contributed by atoms with Crippen LogP contribution in [0.2, 0.25) is 0 Å². The minimum absolute atomic E-state index is 0.0932. The summed E-state index contributed by atoms with van der Waals surface area (Å²) in [4.78, 5) is 11.3. The van der Waals surface area contributed by atoms with Gasteiger partial charge in [-0.1, -0.05) is 0 Å². The molecule has 0 bridgehead atoms. The monoisotopic (exact) mass is 312 g/mol. The number of halogens is 3. The van der Waals surface area contributed by atoms with E-state index in [0.717, 1.165) is 24.0 Å². The molecule has 0 saturated carbocycles. The number of hydrogen-bond acceptors (Lipinski definition) is 6. The van der Waals surface area contributed by atoms with Crippen LogP contribution in [0, 0.1) is 0 Å². The van der Waals surface area contributed by atoms with Gasteiger partial charge in [-0.2, -0.15) is 13.2 Å². The fourth-order valence-corrected chi connectivity index (χ4v) is 2.28. The zero-order valence-electron chi connectivity index (χ0n) is 10.3. The maximum atomic E-state index is 12.6. The molecule has 2 heterocycles. The number of aromatic nitrogens is 3. The SMILES string of the molecule is Nc1ccc2oc(Sc3nccc(C(F)(F)F)n3)nc2c1. The summed E-state index contributed by atoms with van der Waals surface area (Å²) in [6, 6.07) is 5.68. The van der Waals surface area contributed by atoms with Gasteiger partial charge in [0, 0.05) is 23.6 Å². The number of anilines is 1. The molecule has 21 heavy (non-hydrogen) atoms. The van der Waals surface area contributed by atoms with E-state index in [1.807, 2.05) is 0 Å². The van der Waals surface area contributed by atoms with Crippen LogP contribution in [0.4, 0.5) is 18.9 Å². The van der Waals surface area contributed by atoms with Crippen molar-refractivity contribution in [3.63, 3.8) is 0 Å². The minimum atomic E-state index is -4.52. The highest BCUT2D eigenvalue weighted by atomic mass is 32.2. The first kappa shape index (κ1) is 13.7. The zero-order valence-corrected chi connectivity index (χ0v) is 11.1. The third kappa shape index (κ3) is 2.92. The van der Waals surface area contributed by atoms with Crippen molar-refractivity contribution in [2.75, 3.05) is 5.73 Å². The molecule has 0 unspecified atom stereocenters. The van der Waals surface area contributed by atoms with E-state index in [1.165, 1.54) is 0 Å². The number of hydrogen-bond donors (Lipinski definition) is 1. The van der Waals surface area contributed by atoms with E-state index in [9.17, 15) is 13.2 Å². The number of nitrogens with zero attached hydrogens (tertiary/aromatic N) is 3. The molecular formula is C12H7F3N4OS. The van der Waals surface area contributed by atoms with Crippen LogP contribution < -0.4 is 5.73 Å². The predicted molar refractivity (Wildman–Crippen MR) is 69.6 cm³/mol. The van der Waals surface area contributed by atoms with Gasteiger partial charge in [0.15, 0.2) is 10.7 Å². The second-order valence-electron chi connectivity index (χ2n) is 4.03. The number of rotatable bonds is 2. The molecule has 0 fully saturated rings. The van der Waals surface area contributed by atoms with E-state index in [2.05, 4.69) is 15.0 Å². The van der Waals surface area contributed by atoms with E-state index in [0.29, 0.717) is 16.8 Å². The summed E-state index contributed by atoms with van der Waals surface area (Å²) in [5.74, 6) is 0. The molecule has 9 heteroatoms. The fraction of sp³-hybridized carbons (Fsp3) is 0.0833. The molecule has 0 aliphatic rings. The van der Waals surface area contributed by atoms with E-state index in [1.54, 1.807) is 18.2 Å². The zero-order chi connectivity index (χ0) is 15.0. The van der Waals surface area contributed by atoms with Gasteiger partial charge in [-0.15, -0.1) is 0 Å². The van der Waals surface area contributed by atoms with Gasteiger partial charge in [0.1, 0.15) is 11.2 Å². The van der Waals surface area contributed by atoms with Crippen molar-refractivity contribution < 1.29 is 17.6 Å². The lowest BCUT2D eigenvalue weighted by atomic mass is 10.3. The Labute approximate surface area is 120 Å². The van der Waals surface area contributed by atoms with Crippen molar-refractivity contribution in [2.45, 2.75) is 16.6 Å². The lowest BCUT2D eigenvalue weighted by molar-refractivity contribution is -0.141. The molecular weight excluding hydrogens is 305 g/mol. The molecule has 108 valence electrons. The third-order valence-electron chi connectivity index (χ3n) is 2.49. The van der Waals surface area contributed by atoms with E-state index >= 15 is 0 Å². The van der Waals surface area contributed by atoms with Gasteiger partial charge in [-0.05, 0) is 24.3 Å². The summed E-state index contributed by atoms with van der Waals surface area (Å²) in [5.41, 5.74) is 6.12. The van der Waals surface area contributed by atoms with Gasteiger partial charge in [0.25, 0.3) is 5.22 Å². The molecule has 3 aromatic rings. The first-order valence-electron chi connectivity index (χ1n) is 5.66. The number of alkyl halides is 3. The van der Waals surface area contributed by atoms with Crippen LogP contribution in [0.25, 0.3) is 11.1 Å². The number of benzene rings is 1. The molecule has 0 saturated heterocycles. The van der Waals surface area contributed by atoms with E-state index in [4.69, 9.17) is 10.2 Å². The number of oxazole rings is 1. The van der Waals surface area contributed by atoms with Crippen molar-refractivity contribution in [3.8, 4) is 0 Å². The number of nitrogen functional groups attached to an aromatic ring is 1. The van der Waals surface area contributed by atoms with Crippen molar-refractivity contribution in [3.05, 3.63) is 36.2 Å². The largest absolute Gasteiger partial charge is 0.433 e. The molecule has 1 aromatic carbocycles. The van der Waals surface area contributed by atoms with Gasteiger partial charge in [-0.3, -0.25) is 0 Å². The first-order valence-corrected chi connectivity index (χ1v) is 6.47. The van der Waals surface area contributed by atoms with Crippen LogP contribution in [-0.4, -0.2) is 15.0 Å². The van der Waals surface area contributed by atoms with E-state index < -0.39 is 11.9 Å². The third-order valence-corrected chi connectivity index (χ3v) is 3.22. The van der Waals surface area contributed by atoms with Crippen LogP contribution in [0.1, 0.15) is 5.69 Å². The molecule has 0 aliphatic carbocycles. The van der Waals surface area contributed by atoms with Crippen molar-refractivity contribution in [1.29, 1.82) is 0 Å². The molecule has 2 aromatic heterocycles. The second kappa shape index (κ2) is 4.92. The van der Waals surface area contributed by atoms with Gasteiger partial charge >= 0.3 is 6.18 Å². The number of fused-ring (bicyclic) bond motifs is 1. The Morgan fingerprint density at radius 3 is 2.71 bits per heavy atom. The van der Waals surface area contributed by atoms with Crippen LogP contribution in [0.5, 0.6) is 0 Å². The van der Waals surface area contributed by atoms with Crippen LogP contribution in [-0.2, 0) is 6.18 Å². The maximum Gasteiger partial charge on any atom is 0.433 e. The van der Waals surface area contributed by atoms with Crippen molar-refractivity contribution in [2.24, 2.45) is 0 Å². The fourth-order valence-electron chi connectivity index (χ4n) is 1.59. The Balaban J connectivity index is 1.91. The van der Waals surface area contributed by atoms with Gasteiger partial charge in [0.2, 0.25) is 0 Å². The van der Waals surface area contributed by atoms with Gasteiger partial charge in [-0.25, -0.2) is 15.0 Å². The normalized spacial score (nSPS) is 12.0. The molecule has 0 amide bonds. The van der Waals surface area contributed by atoms with Gasteiger partial charge < -0.3 is 10.2 Å². The summed E-state index contributed by atoms with van der Waals surface area (Å²) in [6.07, 6.45) is -3.48. The Bertz CT molecular complexity index is 803. The molecule has 0 spiro atoms. The predicted octanol–water partition coefficient (Wildman–Crippen LogP) is 3.37. The highest BCUT2D eigenvalue weighted by molar-refractivity contribution is 7.98. The maximum absolute atomic E-state index is 12.6. The van der Waals surface area contributed by atoms with E-state index in [-0.39, 0.29) is 10.4 Å². The average molecular weight is 312 g/mol. The molecule has 2 N–H and O–H groups in total. The summed E-state index contributed by atoms with van der Waals surface area (Å²) in [5, 5.41) is 0.0549. The number of nitrogens with two attached hydrogens (primary N) is 1. The Hall–Kier alpha value is -2.29. The summed E-state index contributed by atoms with van der Waals surface area (Å²) in [6.45, 7) is 0. The lowest BCUT2D eigenvalue weighted by Gasteiger charge is -2.05. The quantitative estimate of drug-likeness (QED) is 0.577. The van der Waals surface area contributed by atoms with Crippen LogP contribution in [0.3, 0.4) is 0 Å². The Kier molecular flexibility index (Phi) is 3.20. The van der Waals surface area contributed by atoms with Crippen molar-refractivity contribution in [1.82, 2.24) is 15.0 Å². The Morgan fingerprint density at radius 1 is 1.14 bits per heavy atom. The molecule has 3 rings (SSSR count). The molecule has 0 radical (unpaired) electrons. The molecule has 5 nitrogen and oxygen atoms in total. The summed E-state index contributed by atoms with van der Waals surface area (Å²) in [7, 11) is 0. The molecule has 0 atom stereocenters. The van der Waals surface area contributed by atoms with Crippen LogP contribution >= 0.6 is 11.8 Å². The second-order valence-corrected chi connectivity index (χ2v) is 4.95. The van der Waals surface area contributed by atoms with Gasteiger partial charge in [0.05, 0.1) is 0 Å². The topological polar surface area (TPSA) is 77.8 Å². The standard InChI is InChI=1S/C12H7F3N4OS/c13-12(14,15)9-3-4-17-10(19-9)21-11-18-7-5-6(16)1-2-8(7)20-11/h1-5H,16H2. The molecule has 0 aliphatic heterocycles. The first-order chi connectivity index (χ1) is 9.91. The summed E-state index contributed by atoms with van der Waals surface area (Å²) >= 11 is 0.809. The Morgan fingerprint density at radius 2 is 1.95 bits per heavy atom. The highest BCUT2D eigenvalue weighted by Crippen LogP contribution is 2.31. The minimum Gasteiger partial charge on any atom is -0.431 e. The smallest absolute Gasteiger partial charge is 0.431 e. The summed E-state index contributed by atoms with van der Waals surface area (Å²) < 4.78 is 43.1. The lowest BCUT2D eigenvalue weighted by Crippen LogP contribution is -2.08.